The molecular formula is C32H50O6S. The van der Waals surface area contributed by atoms with E-state index in [9.17, 15) is 18.6 Å². The molecule has 0 bridgehead atoms. The van der Waals surface area contributed by atoms with E-state index in [1.54, 1.807) is 0 Å². The molecule has 2 N–H and O–H groups in total. The molecule has 2 aromatic carbocycles. The molecule has 2 rings (SSSR count). The predicted octanol–water partition coefficient (Wildman–Crippen LogP) is 8.97. The second-order valence-electron chi connectivity index (χ2n) is 10.4. The summed E-state index contributed by atoms with van der Waals surface area (Å²) in [6.07, 6.45) is 18.7. The van der Waals surface area contributed by atoms with Gasteiger partial charge in [0.2, 0.25) is 9.84 Å². The number of hydrogen-bond donors (Lipinski definition) is 2. The molecule has 7 heteroatoms. The highest BCUT2D eigenvalue weighted by Gasteiger charge is 2.21. The normalized spacial score (nSPS) is 11.5. The first kappa shape index (κ1) is 32.8. The van der Waals surface area contributed by atoms with Crippen LogP contribution in [0.15, 0.2) is 46.2 Å². The first-order chi connectivity index (χ1) is 18.9. The molecule has 0 heterocycles. The molecule has 0 aliphatic rings. The minimum Gasteiger partial charge on any atom is -0.504 e. The lowest BCUT2D eigenvalue weighted by Gasteiger charge is -2.13. The molecular weight excluding hydrogens is 512 g/mol. The zero-order chi connectivity index (χ0) is 28.3. The van der Waals surface area contributed by atoms with Crippen molar-refractivity contribution < 1.29 is 28.1 Å². The van der Waals surface area contributed by atoms with Crippen LogP contribution in [0, 0.1) is 0 Å². The zero-order valence-electron chi connectivity index (χ0n) is 24.1. The Hall–Kier alpha value is -2.41. The summed E-state index contributed by atoms with van der Waals surface area (Å²) in [4.78, 5) is 0.0388. The van der Waals surface area contributed by atoms with Crippen LogP contribution in [0.5, 0.6) is 23.0 Å². The molecule has 0 amide bonds. The van der Waals surface area contributed by atoms with E-state index in [4.69, 9.17) is 9.47 Å². The van der Waals surface area contributed by atoms with Crippen LogP contribution in [0.25, 0.3) is 0 Å². The third-order valence-corrected chi connectivity index (χ3v) is 8.74. The van der Waals surface area contributed by atoms with E-state index < -0.39 is 9.84 Å². The van der Waals surface area contributed by atoms with E-state index in [1.807, 2.05) is 0 Å². The van der Waals surface area contributed by atoms with Gasteiger partial charge in [-0.05, 0) is 37.1 Å². The number of unbranched alkanes of at least 4 members (excludes halogenated alkanes) is 14. The van der Waals surface area contributed by atoms with Crippen molar-refractivity contribution in [2.75, 3.05) is 13.2 Å². The van der Waals surface area contributed by atoms with E-state index >= 15 is 0 Å². The number of hydrogen-bond acceptors (Lipinski definition) is 6. The van der Waals surface area contributed by atoms with Crippen molar-refractivity contribution in [1.29, 1.82) is 0 Å². The largest absolute Gasteiger partial charge is 0.504 e. The van der Waals surface area contributed by atoms with Crippen LogP contribution >= 0.6 is 0 Å². The van der Waals surface area contributed by atoms with Crippen LogP contribution in [0.1, 0.15) is 117 Å². The van der Waals surface area contributed by atoms with Gasteiger partial charge >= 0.3 is 0 Å². The Morgan fingerprint density at radius 2 is 0.872 bits per heavy atom. The van der Waals surface area contributed by atoms with Crippen molar-refractivity contribution in [1.82, 2.24) is 0 Å². The van der Waals surface area contributed by atoms with Crippen molar-refractivity contribution in [3.05, 3.63) is 36.4 Å². The summed E-state index contributed by atoms with van der Waals surface area (Å²) >= 11 is 0. The summed E-state index contributed by atoms with van der Waals surface area (Å²) in [5, 5.41) is 20.4. The third-order valence-electron chi connectivity index (χ3n) is 6.99. The smallest absolute Gasteiger partial charge is 0.206 e. The fourth-order valence-corrected chi connectivity index (χ4v) is 5.82. The number of phenolic OH excluding ortho intramolecular Hbond substituents is 2. The van der Waals surface area contributed by atoms with Gasteiger partial charge in [-0.2, -0.15) is 0 Å². The van der Waals surface area contributed by atoms with Gasteiger partial charge in [0, 0.05) is 12.1 Å². The standard InChI is InChI=1S/C32H50O6S/c1-3-5-7-9-11-13-15-17-23-37-31-25-27(19-21-29(31)33)39(35,36)28-20-22-30(34)32(26-28)38-24-18-16-14-12-10-8-6-4-2/h19-22,25-26,33-34H,3-18,23-24H2,1-2H3. The van der Waals surface area contributed by atoms with E-state index in [0.29, 0.717) is 13.2 Å². The Kier molecular flexibility index (Phi) is 15.8. The molecule has 220 valence electrons. The van der Waals surface area contributed by atoms with E-state index in [1.165, 1.54) is 101 Å². The number of sulfone groups is 1. The Labute approximate surface area is 236 Å². The Bertz CT molecular complexity index is 973. The van der Waals surface area contributed by atoms with Crippen molar-refractivity contribution in [2.24, 2.45) is 0 Å². The number of ether oxygens (including phenoxy) is 2. The fourth-order valence-electron chi connectivity index (χ4n) is 4.53. The Morgan fingerprint density at radius 1 is 0.538 bits per heavy atom. The Balaban J connectivity index is 1.88. The van der Waals surface area contributed by atoms with Gasteiger partial charge in [0.1, 0.15) is 0 Å². The fraction of sp³-hybridized carbons (Fsp3) is 0.625. The van der Waals surface area contributed by atoms with E-state index in [0.717, 1.165) is 38.5 Å². The summed E-state index contributed by atoms with van der Waals surface area (Å²) in [5.41, 5.74) is 0. The average molecular weight is 563 g/mol. The molecule has 0 saturated carbocycles. The zero-order valence-corrected chi connectivity index (χ0v) is 24.9. The minimum absolute atomic E-state index is 0.0194. The first-order valence-electron chi connectivity index (χ1n) is 15.1. The lowest BCUT2D eigenvalue weighted by atomic mass is 10.1. The molecule has 0 aliphatic carbocycles. The van der Waals surface area contributed by atoms with Crippen LogP contribution < -0.4 is 9.47 Å². The second kappa shape index (κ2) is 18.8. The number of aromatic hydroxyl groups is 2. The van der Waals surface area contributed by atoms with Gasteiger partial charge in [-0.25, -0.2) is 8.42 Å². The lowest BCUT2D eigenvalue weighted by molar-refractivity contribution is 0.287. The summed E-state index contributed by atoms with van der Waals surface area (Å²) in [6, 6.07) is 8.14. The van der Waals surface area contributed by atoms with Crippen LogP contribution in [-0.4, -0.2) is 31.8 Å². The van der Waals surface area contributed by atoms with Gasteiger partial charge in [0.25, 0.3) is 0 Å². The van der Waals surface area contributed by atoms with Crippen molar-refractivity contribution >= 4 is 9.84 Å². The van der Waals surface area contributed by atoms with Gasteiger partial charge in [-0.3, -0.25) is 0 Å². The van der Waals surface area contributed by atoms with Crippen molar-refractivity contribution in [2.45, 2.75) is 126 Å². The Morgan fingerprint density at radius 3 is 1.23 bits per heavy atom. The predicted molar refractivity (Wildman–Crippen MR) is 158 cm³/mol. The van der Waals surface area contributed by atoms with Crippen LogP contribution in [0.3, 0.4) is 0 Å². The molecule has 0 spiro atoms. The van der Waals surface area contributed by atoms with E-state index in [2.05, 4.69) is 13.8 Å². The van der Waals surface area contributed by atoms with Crippen molar-refractivity contribution in [3.8, 4) is 23.0 Å². The molecule has 39 heavy (non-hydrogen) atoms. The third kappa shape index (κ3) is 12.1. The maximum Gasteiger partial charge on any atom is 0.206 e. The van der Waals surface area contributed by atoms with Gasteiger partial charge in [0.15, 0.2) is 23.0 Å². The van der Waals surface area contributed by atoms with E-state index in [-0.39, 0.29) is 32.8 Å². The first-order valence-corrected chi connectivity index (χ1v) is 16.5. The number of phenols is 2. The summed E-state index contributed by atoms with van der Waals surface area (Å²) in [7, 11) is -3.90. The van der Waals surface area contributed by atoms with Gasteiger partial charge in [-0.15, -0.1) is 0 Å². The number of benzene rings is 2. The van der Waals surface area contributed by atoms with Gasteiger partial charge < -0.3 is 19.7 Å². The number of rotatable bonds is 22. The molecule has 0 aromatic heterocycles. The molecule has 2 aromatic rings. The molecule has 0 unspecified atom stereocenters. The molecule has 0 fully saturated rings. The summed E-state index contributed by atoms with van der Waals surface area (Å²) < 4.78 is 38.1. The highest BCUT2D eigenvalue weighted by atomic mass is 32.2. The van der Waals surface area contributed by atoms with Gasteiger partial charge in [0.05, 0.1) is 23.0 Å². The topological polar surface area (TPSA) is 93.1 Å². The van der Waals surface area contributed by atoms with Crippen molar-refractivity contribution in [3.63, 3.8) is 0 Å². The van der Waals surface area contributed by atoms with Crippen LogP contribution in [0.2, 0.25) is 0 Å². The quantitative estimate of drug-likeness (QED) is 0.139. The highest BCUT2D eigenvalue weighted by Crippen LogP contribution is 2.35. The average Bonchev–Trinajstić information content (AvgIpc) is 2.92. The highest BCUT2D eigenvalue weighted by molar-refractivity contribution is 7.91. The minimum atomic E-state index is -3.90. The monoisotopic (exact) mass is 562 g/mol. The second-order valence-corrected chi connectivity index (χ2v) is 12.4. The molecule has 6 nitrogen and oxygen atoms in total. The molecule has 0 radical (unpaired) electrons. The SMILES string of the molecule is CCCCCCCCCCOc1cc(S(=O)(=O)c2ccc(O)c(OCCCCCCCCCC)c2)ccc1O. The summed E-state index contributed by atoms with van der Waals surface area (Å²) in [5.74, 6) is 0.134. The molecule has 0 atom stereocenters. The van der Waals surface area contributed by atoms with Gasteiger partial charge in [-0.1, -0.05) is 104 Å². The summed E-state index contributed by atoms with van der Waals surface area (Å²) in [6.45, 7) is 5.26. The maximum atomic E-state index is 13.3. The lowest BCUT2D eigenvalue weighted by Crippen LogP contribution is -2.05. The van der Waals surface area contributed by atoms with Crippen LogP contribution in [-0.2, 0) is 9.84 Å². The molecule has 0 aliphatic heterocycles. The molecule has 0 saturated heterocycles. The van der Waals surface area contributed by atoms with Crippen LogP contribution in [0.4, 0.5) is 0 Å². The maximum absolute atomic E-state index is 13.3.